The second-order valence-corrected chi connectivity index (χ2v) is 11.3. The lowest BCUT2D eigenvalue weighted by molar-refractivity contribution is -0.140. The van der Waals surface area contributed by atoms with Gasteiger partial charge in [-0.3, -0.25) is 4.79 Å². The lowest BCUT2D eigenvalue weighted by atomic mass is 9.45. The van der Waals surface area contributed by atoms with Crippen LogP contribution in [0.2, 0.25) is 0 Å². The monoisotopic (exact) mass is 451 g/mol. The zero-order valence-electron chi connectivity index (χ0n) is 21.5. The highest BCUT2D eigenvalue weighted by molar-refractivity contribution is 5.67. The highest BCUT2D eigenvalue weighted by Gasteiger charge is 2.63. The van der Waals surface area contributed by atoms with Gasteiger partial charge in [-0.15, -0.1) is 0 Å². The molecule has 5 nitrogen and oxygen atoms in total. The molecule has 4 saturated carbocycles. The van der Waals surface area contributed by atoms with Gasteiger partial charge >= 0.3 is 5.97 Å². The fraction of sp³-hybridized carbons (Fsp3) is 0.926. The third-order valence-corrected chi connectivity index (χ3v) is 9.97. The van der Waals surface area contributed by atoms with Gasteiger partial charge in [0, 0.05) is 25.7 Å². The predicted molar refractivity (Wildman–Crippen MR) is 130 cm³/mol. The Balaban J connectivity index is 0.000000396. The summed E-state index contributed by atoms with van der Waals surface area (Å²) in [6.45, 7) is 10.9. The van der Waals surface area contributed by atoms with Crippen LogP contribution in [-0.2, 0) is 9.53 Å². The quantitative estimate of drug-likeness (QED) is 0.384. The van der Waals surface area contributed by atoms with Crippen LogP contribution in [0.3, 0.4) is 0 Å². The maximum Gasteiger partial charge on any atom is 0.302 e. The van der Waals surface area contributed by atoms with E-state index in [-0.39, 0.29) is 11.4 Å². The standard InChI is InChI=1S/C22H37NO.C4H8O2.CH4O/c1-4-15-5-6-18-16-8-11-21(3)19(9-12-22(21,24)14-23)17(16)7-10-20(18,2)13-15;1-3-6-4(2)5;1-2/h14-19,23-24H,4-13H2,1-3H3;3H2,1-2H3;2H,1H3/t15?,16?,17?,18?,19?,20-,21?,22?;;/m1../s1. The van der Waals surface area contributed by atoms with Crippen molar-refractivity contribution >= 4 is 12.2 Å². The molecule has 0 aromatic heterocycles. The summed E-state index contributed by atoms with van der Waals surface area (Å²) >= 11 is 0. The molecule has 0 aromatic carbocycles. The first-order valence-corrected chi connectivity index (χ1v) is 13.0. The second kappa shape index (κ2) is 11.0. The Bertz CT molecular complexity index is 639. The molecule has 186 valence electrons. The molecule has 0 amide bonds. The molecule has 0 saturated heterocycles. The van der Waals surface area contributed by atoms with Crippen LogP contribution in [-0.4, -0.2) is 41.7 Å². The van der Waals surface area contributed by atoms with E-state index in [0.717, 1.165) is 50.0 Å². The van der Waals surface area contributed by atoms with E-state index >= 15 is 0 Å². The Kier molecular flexibility index (Phi) is 9.38. The largest absolute Gasteiger partial charge is 0.466 e. The number of rotatable bonds is 3. The predicted octanol–water partition coefficient (Wildman–Crippen LogP) is 5.61. The molecule has 7 unspecified atom stereocenters. The molecule has 4 aliphatic carbocycles. The highest BCUT2D eigenvalue weighted by atomic mass is 16.5. The van der Waals surface area contributed by atoms with E-state index in [1.165, 1.54) is 58.1 Å². The number of ether oxygens (including phenoxy) is 1. The second-order valence-electron chi connectivity index (χ2n) is 11.3. The molecule has 0 radical (unpaired) electrons. The minimum Gasteiger partial charge on any atom is -0.466 e. The third kappa shape index (κ3) is 4.94. The van der Waals surface area contributed by atoms with Gasteiger partial charge in [0.25, 0.3) is 0 Å². The van der Waals surface area contributed by atoms with Crippen molar-refractivity contribution in [2.75, 3.05) is 13.7 Å². The summed E-state index contributed by atoms with van der Waals surface area (Å²) < 4.78 is 4.40. The molecule has 5 heteroatoms. The molecule has 0 spiro atoms. The van der Waals surface area contributed by atoms with Crippen LogP contribution in [0.15, 0.2) is 0 Å². The van der Waals surface area contributed by atoms with Crippen molar-refractivity contribution in [3.05, 3.63) is 0 Å². The first-order valence-electron chi connectivity index (χ1n) is 13.0. The van der Waals surface area contributed by atoms with E-state index in [9.17, 15) is 9.90 Å². The van der Waals surface area contributed by atoms with E-state index < -0.39 is 5.60 Å². The van der Waals surface area contributed by atoms with E-state index in [4.69, 9.17) is 10.5 Å². The average molecular weight is 452 g/mol. The molecule has 8 atom stereocenters. The zero-order chi connectivity index (χ0) is 24.2. The van der Waals surface area contributed by atoms with E-state index in [1.807, 2.05) is 0 Å². The molecule has 0 bridgehead atoms. The molecular formula is C27H49NO4. The summed E-state index contributed by atoms with van der Waals surface area (Å²) in [7, 11) is 1.00. The van der Waals surface area contributed by atoms with E-state index in [1.54, 1.807) is 6.92 Å². The summed E-state index contributed by atoms with van der Waals surface area (Å²) in [6, 6.07) is 0. The smallest absolute Gasteiger partial charge is 0.302 e. The number of hydrogen-bond donors (Lipinski definition) is 3. The van der Waals surface area contributed by atoms with Crippen molar-refractivity contribution in [1.29, 1.82) is 5.41 Å². The summed E-state index contributed by atoms with van der Waals surface area (Å²) in [5.74, 6) is 4.04. The Morgan fingerprint density at radius 1 is 1.00 bits per heavy atom. The number of carbonyl (C=O) groups is 1. The Morgan fingerprint density at radius 2 is 1.62 bits per heavy atom. The lowest BCUT2D eigenvalue weighted by Crippen LogP contribution is -2.55. The summed E-state index contributed by atoms with van der Waals surface area (Å²) in [4.78, 5) is 9.82. The SMILES string of the molecule is CCC1CCC2C3CCC4(C)C(CCC4(O)C=N)C3CC[C@]2(C)C1.CCOC(C)=O.CO. The van der Waals surface area contributed by atoms with Gasteiger partial charge in [-0.2, -0.15) is 0 Å². The lowest BCUT2D eigenvalue weighted by Gasteiger charge is -2.60. The minimum atomic E-state index is -0.830. The van der Waals surface area contributed by atoms with Crippen molar-refractivity contribution in [2.24, 2.45) is 40.4 Å². The molecule has 0 aromatic rings. The molecule has 4 fully saturated rings. The van der Waals surface area contributed by atoms with Crippen LogP contribution in [0.5, 0.6) is 0 Å². The Morgan fingerprint density at radius 3 is 2.16 bits per heavy atom. The topological polar surface area (TPSA) is 90.6 Å². The van der Waals surface area contributed by atoms with Crippen LogP contribution in [0.25, 0.3) is 0 Å². The maximum atomic E-state index is 11.1. The number of carbonyl (C=O) groups excluding carboxylic acids is 1. The van der Waals surface area contributed by atoms with Gasteiger partial charge in [-0.05, 0) is 93.3 Å². The molecular weight excluding hydrogens is 402 g/mol. The Hall–Kier alpha value is -0.940. The number of fused-ring (bicyclic) bond motifs is 5. The fourth-order valence-electron chi connectivity index (χ4n) is 8.26. The first kappa shape index (κ1) is 27.3. The van der Waals surface area contributed by atoms with E-state index in [2.05, 4.69) is 25.5 Å². The van der Waals surface area contributed by atoms with Crippen LogP contribution in [0.1, 0.15) is 98.8 Å². The number of aliphatic hydroxyl groups is 2. The number of hydrogen-bond acceptors (Lipinski definition) is 5. The molecule has 0 heterocycles. The number of aliphatic hydroxyl groups excluding tert-OH is 1. The normalized spacial score (nSPS) is 44.3. The van der Waals surface area contributed by atoms with Crippen LogP contribution >= 0.6 is 0 Å². The average Bonchev–Trinajstić information content (AvgIpc) is 3.06. The van der Waals surface area contributed by atoms with Gasteiger partial charge in [0.2, 0.25) is 0 Å². The number of nitrogens with one attached hydrogen (secondary N) is 1. The van der Waals surface area contributed by atoms with Crippen LogP contribution < -0.4 is 0 Å². The van der Waals surface area contributed by atoms with Gasteiger partial charge in [0.1, 0.15) is 5.60 Å². The zero-order valence-corrected chi connectivity index (χ0v) is 21.5. The Labute approximate surface area is 196 Å². The molecule has 0 aliphatic heterocycles. The first-order chi connectivity index (χ1) is 15.1. The van der Waals surface area contributed by atoms with Crippen molar-refractivity contribution in [1.82, 2.24) is 0 Å². The number of esters is 1. The molecule has 3 N–H and O–H groups in total. The highest BCUT2D eigenvalue weighted by Crippen LogP contribution is 2.67. The van der Waals surface area contributed by atoms with Gasteiger partial charge in [-0.1, -0.05) is 33.6 Å². The molecule has 32 heavy (non-hydrogen) atoms. The van der Waals surface area contributed by atoms with Crippen molar-refractivity contribution < 1.29 is 19.7 Å². The van der Waals surface area contributed by atoms with E-state index in [0.29, 0.717) is 17.9 Å². The third-order valence-electron chi connectivity index (χ3n) is 9.97. The van der Waals surface area contributed by atoms with Gasteiger partial charge in [-0.25, -0.2) is 0 Å². The fourth-order valence-corrected chi connectivity index (χ4v) is 8.26. The maximum absolute atomic E-state index is 11.1. The minimum absolute atomic E-state index is 0.0374. The van der Waals surface area contributed by atoms with Crippen LogP contribution in [0, 0.1) is 45.8 Å². The van der Waals surface area contributed by atoms with Crippen molar-refractivity contribution in [3.8, 4) is 0 Å². The van der Waals surface area contributed by atoms with Crippen LogP contribution in [0.4, 0.5) is 0 Å². The molecule has 4 aliphatic rings. The summed E-state index contributed by atoms with van der Waals surface area (Å²) in [5.41, 5.74) is -0.280. The summed E-state index contributed by atoms with van der Waals surface area (Å²) in [6.07, 6.45) is 14.3. The van der Waals surface area contributed by atoms with Gasteiger partial charge in [0.15, 0.2) is 0 Å². The van der Waals surface area contributed by atoms with Gasteiger partial charge < -0.3 is 20.4 Å². The van der Waals surface area contributed by atoms with Crippen molar-refractivity contribution in [3.63, 3.8) is 0 Å². The van der Waals surface area contributed by atoms with Gasteiger partial charge in [0.05, 0.1) is 6.61 Å². The van der Waals surface area contributed by atoms with Crippen molar-refractivity contribution in [2.45, 2.75) is 104 Å². The summed E-state index contributed by atoms with van der Waals surface area (Å²) in [5, 5.41) is 25.9. The molecule has 4 rings (SSSR count).